The molecule has 0 aliphatic carbocycles. The Morgan fingerprint density at radius 2 is 2.05 bits per heavy atom. The molecule has 1 rings (SSSR count). The van der Waals surface area contributed by atoms with E-state index in [1.165, 1.54) is 6.92 Å². The second-order valence-electron chi connectivity index (χ2n) is 5.29. The summed E-state index contributed by atoms with van der Waals surface area (Å²) in [5.41, 5.74) is 1.89. The van der Waals surface area contributed by atoms with Gasteiger partial charge in [-0.1, -0.05) is 59.9 Å². The topological polar surface area (TPSA) is 38.3 Å². The van der Waals surface area contributed by atoms with Crippen molar-refractivity contribution in [2.24, 2.45) is 0 Å². The van der Waals surface area contributed by atoms with Crippen molar-refractivity contribution in [2.75, 3.05) is 0 Å². The zero-order valence-corrected chi connectivity index (χ0v) is 14.9. The number of hydrogen-bond donors (Lipinski definition) is 1. The molecule has 6 heteroatoms. The highest BCUT2D eigenvalue weighted by molar-refractivity contribution is 9.10. The number of esters is 1. The zero-order valence-electron chi connectivity index (χ0n) is 11.5. The van der Waals surface area contributed by atoms with Gasteiger partial charge in [0.25, 0.3) is 0 Å². The van der Waals surface area contributed by atoms with Crippen LogP contribution in [-0.4, -0.2) is 19.2 Å². The van der Waals surface area contributed by atoms with Crippen molar-refractivity contribution in [2.45, 2.75) is 33.2 Å². The monoisotopic (exact) mass is 359 g/mol. The molecule has 1 aromatic carbocycles. The first kappa shape index (κ1) is 16.3. The van der Waals surface area contributed by atoms with E-state index in [0.29, 0.717) is 0 Å². The van der Waals surface area contributed by atoms with Crippen LogP contribution in [0.5, 0.6) is 0 Å². The Hall–Kier alpha value is -0.723. The Balaban J connectivity index is 2.81. The third-order valence-corrected chi connectivity index (χ3v) is 4.49. The van der Waals surface area contributed by atoms with Crippen LogP contribution < -0.4 is 4.98 Å². The van der Waals surface area contributed by atoms with Crippen LogP contribution >= 0.6 is 28.1 Å². The molecule has 0 heterocycles. The normalized spacial score (nSPS) is 11.0. The average molecular weight is 360 g/mol. The second-order valence-corrected chi connectivity index (χ2v) is 11.3. The SMILES string of the molecule is CC(=O)OCc1ccc(C(=S)N[Si](C)(C)C)cc1Br. The highest BCUT2D eigenvalue weighted by Crippen LogP contribution is 2.20. The number of rotatable bonds is 4. The van der Waals surface area contributed by atoms with Crippen molar-refractivity contribution < 1.29 is 9.53 Å². The molecule has 0 unspecified atom stereocenters. The van der Waals surface area contributed by atoms with Gasteiger partial charge in [0.2, 0.25) is 0 Å². The maximum atomic E-state index is 10.8. The van der Waals surface area contributed by atoms with E-state index in [-0.39, 0.29) is 12.6 Å². The minimum absolute atomic E-state index is 0.268. The van der Waals surface area contributed by atoms with Gasteiger partial charge in [0.15, 0.2) is 0 Å². The number of ether oxygens (including phenoxy) is 1. The van der Waals surface area contributed by atoms with Gasteiger partial charge in [0.1, 0.15) is 14.8 Å². The summed E-state index contributed by atoms with van der Waals surface area (Å²) in [5.74, 6) is -0.285. The van der Waals surface area contributed by atoms with Crippen molar-refractivity contribution in [3.05, 3.63) is 33.8 Å². The zero-order chi connectivity index (χ0) is 14.6. The van der Waals surface area contributed by atoms with Gasteiger partial charge in [0.05, 0.1) is 4.99 Å². The Kier molecular flexibility index (Phi) is 5.70. The minimum atomic E-state index is -1.44. The number of nitrogens with one attached hydrogen (secondary N) is 1. The number of carbonyl (C=O) groups is 1. The average Bonchev–Trinajstić information content (AvgIpc) is 2.24. The standard InChI is InChI=1S/C13H18BrNO2SSi/c1-9(16)17-8-11-6-5-10(7-12(11)14)13(18)15-19(2,3)4/h5-7H,8H2,1-4H3,(H,15,18). The van der Waals surface area contributed by atoms with E-state index >= 15 is 0 Å². The molecule has 0 amide bonds. The van der Waals surface area contributed by atoms with E-state index in [2.05, 4.69) is 40.6 Å². The highest BCUT2D eigenvalue weighted by atomic mass is 79.9. The van der Waals surface area contributed by atoms with Crippen LogP contribution in [0.1, 0.15) is 18.1 Å². The Labute approximate surface area is 128 Å². The van der Waals surface area contributed by atoms with Gasteiger partial charge >= 0.3 is 5.97 Å². The van der Waals surface area contributed by atoms with E-state index in [9.17, 15) is 4.79 Å². The predicted molar refractivity (Wildman–Crippen MR) is 87.8 cm³/mol. The van der Waals surface area contributed by atoms with Crippen LogP contribution in [-0.2, 0) is 16.1 Å². The van der Waals surface area contributed by atoms with Crippen LogP contribution in [0.4, 0.5) is 0 Å². The molecule has 0 saturated heterocycles. The van der Waals surface area contributed by atoms with Crippen molar-refractivity contribution >= 4 is 47.3 Å². The van der Waals surface area contributed by atoms with E-state index in [1.54, 1.807) is 0 Å². The number of benzene rings is 1. The van der Waals surface area contributed by atoms with Gasteiger partial charge in [-0.25, -0.2) is 0 Å². The van der Waals surface area contributed by atoms with Gasteiger partial charge in [-0.3, -0.25) is 4.79 Å². The summed E-state index contributed by atoms with van der Waals surface area (Å²) in [4.78, 5) is 15.0. The lowest BCUT2D eigenvalue weighted by atomic mass is 10.1. The fourth-order valence-electron chi connectivity index (χ4n) is 1.40. The molecule has 0 radical (unpaired) electrons. The van der Waals surface area contributed by atoms with Gasteiger partial charge in [0, 0.05) is 22.5 Å². The molecule has 0 saturated carbocycles. The molecule has 0 aliphatic heterocycles. The minimum Gasteiger partial charge on any atom is -0.461 e. The lowest BCUT2D eigenvalue weighted by Crippen LogP contribution is -2.44. The first-order chi connectivity index (χ1) is 8.69. The van der Waals surface area contributed by atoms with E-state index < -0.39 is 8.24 Å². The Morgan fingerprint density at radius 3 is 2.53 bits per heavy atom. The fourth-order valence-corrected chi connectivity index (χ4v) is 3.76. The van der Waals surface area contributed by atoms with Gasteiger partial charge in [-0.05, 0) is 6.07 Å². The quantitative estimate of drug-likeness (QED) is 0.506. The Morgan fingerprint density at radius 1 is 1.42 bits per heavy atom. The number of carbonyl (C=O) groups excluding carboxylic acids is 1. The van der Waals surface area contributed by atoms with Gasteiger partial charge in [-0.15, -0.1) is 0 Å². The fraction of sp³-hybridized carbons (Fsp3) is 0.385. The van der Waals surface area contributed by atoms with Gasteiger partial charge in [-0.2, -0.15) is 0 Å². The molecule has 1 aromatic rings. The van der Waals surface area contributed by atoms with E-state index in [0.717, 1.165) is 20.6 Å². The van der Waals surface area contributed by atoms with Crippen molar-refractivity contribution in [3.63, 3.8) is 0 Å². The summed E-state index contributed by atoms with van der Waals surface area (Å²) in [5, 5.41) is 0. The van der Waals surface area contributed by atoms with Crippen LogP contribution in [0.3, 0.4) is 0 Å². The Bertz CT molecular complexity index is 500. The summed E-state index contributed by atoms with van der Waals surface area (Å²) in [6.45, 7) is 8.26. The largest absolute Gasteiger partial charge is 0.461 e. The molecule has 0 fully saturated rings. The maximum Gasteiger partial charge on any atom is 0.302 e. The van der Waals surface area contributed by atoms with Crippen molar-refractivity contribution in [1.82, 2.24) is 4.98 Å². The summed E-state index contributed by atoms with van der Waals surface area (Å²) in [7, 11) is -1.44. The molecular formula is C13H18BrNO2SSi. The molecule has 0 aromatic heterocycles. The molecule has 104 valence electrons. The summed E-state index contributed by atoms with van der Waals surface area (Å²) < 4.78 is 5.87. The summed E-state index contributed by atoms with van der Waals surface area (Å²) >= 11 is 8.87. The lowest BCUT2D eigenvalue weighted by molar-refractivity contribution is -0.142. The third-order valence-electron chi connectivity index (χ3n) is 2.23. The van der Waals surface area contributed by atoms with E-state index in [1.807, 2.05) is 18.2 Å². The molecular weight excluding hydrogens is 342 g/mol. The van der Waals surface area contributed by atoms with Crippen molar-refractivity contribution in [1.29, 1.82) is 0 Å². The molecule has 3 nitrogen and oxygen atoms in total. The summed E-state index contributed by atoms with van der Waals surface area (Å²) in [6.07, 6.45) is 0. The maximum absolute atomic E-state index is 10.8. The van der Waals surface area contributed by atoms with Crippen LogP contribution in [0.2, 0.25) is 19.6 Å². The number of halogens is 1. The second kappa shape index (κ2) is 6.63. The molecule has 0 atom stereocenters. The van der Waals surface area contributed by atoms with Crippen molar-refractivity contribution in [3.8, 4) is 0 Å². The molecule has 0 bridgehead atoms. The lowest BCUT2D eigenvalue weighted by Gasteiger charge is -2.20. The molecule has 1 N–H and O–H groups in total. The molecule has 0 aliphatic rings. The number of thiocarbonyl (C=S) groups is 1. The van der Waals surface area contributed by atoms with Crippen LogP contribution in [0.15, 0.2) is 22.7 Å². The van der Waals surface area contributed by atoms with E-state index in [4.69, 9.17) is 17.0 Å². The van der Waals surface area contributed by atoms with Crippen LogP contribution in [0, 0.1) is 0 Å². The first-order valence-electron chi connectivity index (χ1n) is 5.93. The number of hydrogen-bond acceptors (Lipinski definition) is 3. The summed E-state index contributed by atoms with van der Waals surface area (Å²) in [6, 6.07) is 5.81. The predicted octanol–water partition coefficient (Wildman–Crippen LogP) is 3.61. The van der Waals surface area contributed by atoms with Gasteiger partial charge < -0.3 is 9.72 Å². The molecule has 19 heavy (non-hydrogen) atoms. The first-order valence-corrected chi connectivity index (χ1v) is 10.6. The smallest absolute Gasteiger partial charge is 0.302 e. The van der Waals surface area contributed by atoms with Crippen LogP contribution in [0.25, 0.3) is 0 Å². The highest BCUT2D eigenvalue weighted by Gasteiger charge is 2.16. The third kappa shape index (κ3) is 5.84. The molecule has 0 spiro atoms.